The molecule has 7 nitrogen and oxygen atoms in total. The van der Waals surface area contributed by atoms with Crippen LogP contribution < -0.4 is 4.74 Å². The van der Waals surface area contributed by atoms with Crippen molar-refractivity contribution >= 4 is 5.69 Å². The number of ether oxygens (including phenoxy) is 1. The highest BCUT2D eigenvalue weighted by atomic mass is 19.3. The topological polar surface area (TPSA) is 83.1 Å². The third-order valence-electron chi connectivity index (χ3n) is 2.11. The Bertz CT molecular complexity index is 603. The normalized spacial score (nSPS) is 10.7. The highest BCUT2D eigenvalue weighted by Crippen LogP contribution is 2.30. The first-order valence-corrected chi connectivity index (χ1v) is 4.77. The first kappa shape index (κ1) is 12.8. The lowest BCUT2D eigenvalue weighted by Crippen LogP contribution is -2.07. The number of aromatic nitrogens is 3. The Morgan fingerprint density at radius 1 is 1.42 bits per heavy atom. The van der Waals surface area contributed by atoms with Crippen LogP contribution in [0, 0.1) is 15.9 Å². The number of nitro benzene ring substituents is 1. The Morgan fingerprint density at radius 2 is 2.16 bits per heavy atom. The van der Waals surface area contributed by atoms with E-state index >= 15 is 0 Å². The Morgan fingerprint density at radius 3 is 2.68 bits per heavy atom. The number of benzene rings is 1. The zero-order chi connectivity index (χ0) is 14.0. The number of alkyl halides is 2. The van der Waals surface area contributed by atoms with Crippen LogP contribution in [-0.2, 0) is 0 Å². The van der Waals surface area contributed by atoms with Crippen molar-refractivity contribution in [1.29, 1.82) is 0 Å². The molecule has 0 unspecified atom stereocenters. The summed E-state index contributed by atoms with van der Waals surface area (Å²) in [6.45, 7) is -3.25. The second-order valence-electron chi connectivity index (χ2n) is 3.25. The minimum absolute atomic E-state index is 0.237. The molecule has 0 bridgehead atoms. The molecule has 0 saturated heterocycles. The predicted octanol–water partition coefficient (Wildman–Crippen LogP) is 1.92. The second-order valence-corrected chi connectivity index (χ2v) is 3.25. The number of nitrogens with zero attached hydrogens (tertiary/aromatic N) is 4. The fourth-order valence-electron chi connectivity index (χ4n) is 1.38. The van der Waals surface area contributed by atoms with Crippen molar-refractivity contribution in [2.75, 3.05) is 0 Å². The van der Waals surface area contributed by atoms with E-state index in [1.54, 1.807) is 0 Å². The third kappa shape index (κ3) is 2.61. The molecule has 0 aliphatic carbocycles. The standard InChI is InChI=1S/C9H5F3N4O3/c10-5-1-7(16(17)18)6(15-4-13-3-14-15)2-8(5)19-9(11)12/h1-4,9H. The first-order valence-electron chi connectivity index (χ1n) is 4.77. The van der Waals surface area contributed by atoms with Gasteiger partial charge in [-0.3, -0.25) is 10.1 Å². The molecule has 0 aliphatic heterocycles. The molecule has 1 aromatic carbocycles. The van der Waals surface area contributed by atoms with Crippen LogP contribution in [0.3, 0.4) is 0 Å². The van der Waals surface area contributed by atoms with Gasteiger partial charge in [-0.2, -0.15) is 13.9 Å². The maximum absolute atomic E-state index is 13.4. The maximum Gasteiger partial charge on any atom is 0.387 e. The molecule has 0 spiro atoms. The lowest BCUT2D eigenvalue weighted by atomic mass is 10.2. The van der Waals surface area contributed by atoms with Gasteiger partial charge in [0.2, 0.25) is 0 Å². The van der Waals surface area contributed by atoms with Crippen LogP contribution in [0.1, 0.15) is 0 Å². The monoisotopic (exact) mass is 274 g/mol. The molecular formula is C9H5F3N4O3. The molecule has 2 rings (SSSR count). The average Bonchev–Trinajstić information content (AvgIpc) is 2.84. The molecule has 0 amide bonds. The summed E-state index contributed by atoms with van der Waals surface area (Å²) >= 11 is 0. The van der Waals surface area contributed by atoms with Gasteiger partial charge in [-0.05, 0) is 0 Å². The van der Waals surface area contributed by atoms with Crippen LogP contribution in [0.4, 0.5) is 18.9 Å². The van der Waals surface area contributed by atoms with E-state index in [9.17, 15) is 23.3 Å². The third-order valence-corrected chi connectivity index (χ3v) is 2.11. The Kier molecular flexibility index (Phi) is 3.31. The molecule has 0 saturated carbocycles. The molecule has 2 aromatic rings. The highest BCUT2D eigenvalue weighted by molar-refractivity contribution is 5.56. The fraction of sp³-hybridized carbons (Fsp3) is 0.111. The molecule has 0 fully saturated rings. The quantitative estimate of drug-likeness (QED) is 0.628. The first-order chi connectivity index (χ1) is 8.99. The zero-order valence-electron chi connectivity index (χ0n) is 9.03. The molecule has 0 radical (unpaired) electrons. The van der Waals surface area contributed by atoms with Crippen LogP contribution in [0.15, 0.2) is 24.8 Å². The molecule has 100 valence electrons. The number of rotatable bonds is 4. The molecule has 0 N–H and O–H groups in total. The summed E-state index contributed by atoms with van der Waals surface area (Å²) in [6, 6.07) is 1.24. The van der Waals surface area contributed by atoms with Crippen LogP contribution in [0.2, 0.25) is 0 Å². The maximum atomic E-state index is 13.4. The van der Waals surface area contributed by atoms with E-state index in [-0.39, 0.29) is 5.69 Å². The average molecular weight is 274 g/mol. The van der Waals surface area contributed by atoms with E-state index in [1.807, 2.05) is 0 Å². The van der Waals surface area contributed by atoms with Crippen molar-refractivity contribution in [2.24, 2.45) is 0 Å². The molecule has 1 aromatic heterocycles. The highest BCUT2D eigenvalue weighted by Gasteiger charge is 2.22. The molecule has 1 heterocycles. The van der Waals surface area contributed by atoms with E-state index in [0.29, 0.717) is 6.07 Å². The second kappa shape index (κ2) is 4.92. The summed E-state index contributed by atoms with van der Waals surface area (Å²) in [5.41, 5.74) is -0.885. The minimum atomic E-state index is -3.25. The van der Waals surface area contributed by atoms with E-state index < -0.39 is 28.8 Å². The molecule has 0 aliphatic rings. The largest absolute Gasteiger partial charge is 0.432 e. The Labute approximate surface area is 103 Å². The van der Waals surface area contributed by atoms with Gasteiger partial charge < -0.3 is 4.74 Å². The van der Waals surface area contributed by atoms with Crippen LogP contribution in [0.25, 0.3) is 5.69 Å². The summed E-state index contributed by atoms with van der Waals surface area (Å²) in [7, 11) is 0. The number of nitro groups is 1. The van der Waals surface area contributed by atoms with Gasteiger partial charge in [-0.15, -0.1) is 0 Å². The van der Waals surface area contributed by atoms with Crippen LogP contribution >= 0.6 is 0 Å². The summed E-state index contributed by atoms with van der Waals surface area (Å²) in [5.74, 6) is -2.08. The van der Waals surface area contributed by atoms with Crippen molar-refractivity contribution in [1.82, 2.24) is 14.8 Å². The van der Waals surface area contributed by atoms with Crippen molar-refractivity contribution in [3.63, 3.8) is 0 Å². The Balaban J connectivity index is 2.58. The lowest BCUT2D eigenvalue weighted by Gasteiger charge is -2.08. The summed E-state index contributed by atoms with van der Waals surface area (Å²) in [6.07, 6.45) is 2.19. The summed E-state index contributed by atoms with van der Waals surface area (Å²) in [4.78, 5) is 13.5. The number of hydrogen-bond donors (Lipinski definition) is 0. The van der Waals surface area contributed by atoms with E-state index in [4.69, 9.17) is 0 Å². The molecule has 19 heavy (non-hydrogen) atoms. The molecular weight excluding hydrogens is 269 g/mol. The van der Waals surface area contributed by atoms with Gasteiger partial charge >= 0.3 is 6.61 Å². The number of hydrogen-bond acceptors (Lipinski definition) is 5. The van der Waals surface area contributed by atoms with Crippen molar-refractivity contribution in [3.05, 3.63) is 40.7 Å². The molecule has 10 heteroatoms. The van der Waals surface area contributed by atoms with Crippen molar-refractivity contribution < 1.29 is 22.8 Å². The van der Waals surface area contributed by atoms with Gasteiger partial charge in [-0.25, -0.2) is 14.1 Å². The zero-order valence-corrected chi connectivity index (χ0v) is 9.03. The van der Waals surface area contributed by atoms with E-state index in [1.165, 1.54) is 0 Å². The van der Waals surface area contributed by atoms with Gasteiger partial charge in [-0.1, -0.05) is 0 Å². The van der Waals surface area contributed by atoms with Gasteiger partial charge in [0, 0.05) is 6.07 Å². The van der Waals surface area contributed by atoms with E-state index in [0.717, 1.165) is 23.4 Å². The van der Waals surface area contributed by atoms with Gasteiger partial charge in [0.05, 0.1) is 11.0 Å². The van der Waals surface area contributed by atoms with Crippen LogP contribution in [0.5, 0.6) is 5.75 Å². The summed E-state index contributed by atoms with van der Waals surface area (Å²) < 4.78 is 42.4. The van der Waals surface area contributed by atoms with Gasteiger partial charge in [0.25, 0.3) is 5.69 Å². The fourth-order valence-corrected chi connectivity index (χ4v) is 1.38. The lowest BCUT2D eigenvalue weighted by molar-refractivity contribution is -0.384. The van der Waals surface area contributed by atoms with Crippen molar-refractivity contribution in [3.8, 4) is 11.4 Å². The van der Waals surface area contributed by atoms with Crippen molar-refractivity contribution in [2.45, 2.75) is 6.61 Å². The minimum Gasteiger partial charge on any atom is -0.432 e. The predicted molar refractivity (Wildman–Crippen MR) is 54.6 cm³/mol. The smallest absolute Gasteiger partial charge is 0.387 e. The SMILES string of the molecule is O=[N+]([O-])c1cc(F)c(OC(F)F)cc1-n1cncn1. The van der Waals surface area contributed by atoms with Gasteiger partial charge in [0.1, 0.15) is 18.3 Å². The molecule has 0 atom stereocenters. The van der Waals surface area contributed by atoms with E-state index in [2.05, 4.69) is 14.8 Å². The van der Waals surface area contributed by atoms with Gasteiger partial charge in [0.15, 0.2) is 11.6 Å². The number of halogens is 3. The summed E-state index contributed by atoms with van der Waals surface area (Å²) in [5, 5.41) is 14.4. The van der Waals surface area contributed by atoms with Crippen LogP contribution in [-0.4, -0.2) is 26.3 Å². The Hall–Kier alpha value is -2.65.